The number of rotatable bonds is 15. The van der Waals surface area contributed by atoms with Crippen molar-refractivity contribution in [3.8, 4) is 11.3 Å². The Hall–Kier alpha value is -2.23. The molecule has 0 spiro atoms. The Labute approximate surface area is 188 Å². The van der Waals surface area contributed by atoms with Crippen LogP contribution >= 0.6 is 0 Å². The normalized spacial score (nSPS) is 12.1. The number of unbranched alkanes of at least 4 members (excludes halogenated alkanes) is 8. The summed E-state index contributed by atoms with van der Waals surface area (Å²) in [6, 6.07) is 8.44. The Morgan fingerprint density at radius 1 is 0.935 bits per heavy atom. The van der Waals surface area contributed by atoms with E-state index in [0.29, 0.717) is 5.92 Å². The Bertz CT molecular complexity index is 786. The van der Waals surface area contributed by atoms with Crippen molar-refractivity contribution in [3.05, 3.63) is 47.4 Å². The minimum absolute atomic E-state index is 0.130. The number of carboxylic acids is 1. The second-order valence-corrected chi connectivity index (χ2v) is 8.87. The first kappa shape index (κ1) is 25.0. The fourth-order valence-electron chi connectivity index (χ4n) is 3.91. The van der Waals surface area contributed by atoms with Crippen molar-refractivity contribution in [2.24, 2.45) is 5.92 Å². The molecule has 1 N–H and O–H groups in total. The van der Waals surface area contributed by atoms with E-state index in [0.717, 1.165) is 36.1 Å². The summed E-state index contributed by atoms with van der Waals surface area (Å²) in [5, 5.41) is 9.34. The van der Waals surface area contributed by atoms with Gasteiger partial charge >= 0.3 is 5.97 Å². The van der Waals surface area contributed by atoms with Crippen LogP contribution in [-0.2, 0) is 12.8 Å². The number of hydrogen-bond donors (Lipinski definition) is 1. The average molecular weight is 425 g/mol. The Kier molecular flexibility index (Phi) is 11.3. The van der Waals surface area contributed by atoms with Gasteiger partial charge in [-0.1, -0.05) is 103 Å². The molecule has 4 nitrogen and oxygen atoms in total. The predicted molar refractivity (Wildman–Crippen MR) is 129 cm³/mol. The number of hydrogen-bond acceptors (Lipinski definition) is 3. The second-order valence-electron chi connectivity index (χ2n) is 8.87. The molecule has 0 aliphatic carbocycles. The molecule has 0 saturated heterocycles. The molecule has 31 heavy (non-hydrogen) atoms. The minimum Gasteiger partial charge on any atom is -0.475 e. The lowest BCUT2D eigenvalue weighted by Crippen LogP contribution is -2.07. The van der Waals surface area contributed by atoms with Crippen molar-refractivity contribution in [1.82, 2.24) is 9.97 Å². The van der Waals surface area contributed by atoms with E-state index in [1.807, 2.05) is 0 Å². The highest BCUT2D eigenvalue weighted by molar-refractivity contribution is 5.84. The zero-order chi connectivity index (χ0) is 22.5. The monoisotopic (exact) mass is 424 g/mol. The molecular formula is C27H40N2O2. The molecule has 4 heteroatoms. The van der Waals surface area contributed by atoms with Crippen LogP contribution in [0.15, 0.2) is 30.5 Å². The van der Waals surface area contributed by atoms with E-state index in [2.05, 4.69) is 55.0 Å². The summed E-state index contributed by atoms with van der Waals surface area (Å²) in [5.41, 5.74) is 4.10. The van der Waals surface area contributed by atoms with Gasteiger partial charge in [-0.2, -0.15) is 0 Å². The third-order valence-corrected chi connectivity index (χ3v) is 6.11. The molecule has 0 amide bonds. The molecule has 0 fully saturated rings. The first-order valence-electron chi connectivity index (χ1n) is 12.2. The number of nitrogens with zero attached hydrogens (tertiary/aromatic N) is 2. The number of benzene rings is 1. The molecule has 0 bridgehead atoms. The van der Waals surface area contributed by atoms with Crippen LogP contribution in [0.3, 0.4) is 0 Å². The highest BCUT2D eigenvalue weighted by Gasteiger charge is 2.14. The molecule has 1 atom stereocenters. The summed E-state index contributed by atoms with van der Waals surface area (Å²) in [6.07, 6.45) is 16.4. The number of carboxylic acid groups (broad SMARTS) is 1. The SMILES string of the molecule is CCCCCCCCCCCc1cnc(C(=O)O)nc1-c1ccc(C[C@@H](C)CC)cc1. The van der Waals surface area contributed by atoms with E-state index in [-0.39, 0.29) is 5.82 Å². The molecule has 0 unspecified atom stereocenters. The predicted octanol–water partition coefficient (Wildman–Crippen LogP) is 7.50. The van der Waals surface area contributed by atoms with Gasteiger partial charge in [-0.3, -0.25) is 0 Å². The Morgan fingerprint density at radius 2 is 1.55 bits per heavy atom. The van der Waals surface area contributed by atoms with Crippen molar-refractivity contribution in [1.29, 1.82) is 0 Å². The van der Waals surface area contributed by atoms with E-state index in [1.54, 1.807) is 6.20 Å². The standard InChI is InChI=1S/C27H40N2O2/c1-4-6-7-8-9-10-11-12-13-14-24-20-28-26(27(30)31)29-25(24)23-17-15-22(16-18-23)19-21(3)5-2/h15-18,20-21H,4-14,19H2,1-3H3,(H,30,31)/t21-/m0/s1. The fraction of sp³-hybridized carbons (Fsp3) is 0.593. The van der Waals surface area contributed by atoms with Gasteiger partial charge in [-0.05, 0) is 36.3 Å². The first-order valence-corrected chi connectivity index (χ1v) is 12.2. The number of aromatic carboxylic acids is 1. The highest BCUT2D eigenvalue weighted by Crippen LogP contribution is 2.25. The molecule has 0 saturated carbocycles. The third kappa shape index (κ3) is 8.80. The zero-order valence-electron chi connectivity index (χ0n) is 19.7. The van der Waals surface area contributed by atoms with Gasteiger partial charge in [0.15, 0.2) is 0 Å². The van der Waals surface area contributed by atoms with Gasteiger partial charge in [0, 0.05) is 11.8 Å². The van der Waals surface area contributed by atoms with E-state index in [9.17, 15) is 9.90 Å². The average Bonchev–Trinajstić information content (AvgIpc) is 2.78. The van der Waals surface area contributed by atoms with Gasteiger partial charge in [0.05, 0.1) is 5.69 Å². The van der Waals surface area contributed by atoms with Crippen LogP contribution in [0.1, 0.15) is 107 Å². The molecule has 170 valence electrons. The van der Waals surface area contributed by atoms with Crippen LogP contribution in [0.5, 0.6) is 0 Å². The molecule has 1 aromatic carbocycles. The molecule has 0 aliphatic rings. The molecule has 2 rings (SSSR count). The van der Waals surface area contributed by atoms with Crippen LogP contribution in [0, 0.1) is 5.92 Å². The Morgan fingerprint density at radius 3 is 2.13 bits per heavy atom. The van der Waals surface area contributed by atoms with Crippen LogP contribution in [0.2, 0.25) is 0 Å². The summed E-state index contributed by atoms with van der Waals surface area (Å²) in [4.78, 5) is 19.9. The summed E-state index contributed by atoms with van der Waals surface area (Å²) in [6.45, 7) is 6.73. The summed E-state index contributed by atoms with van der Waals surface area (Å²) in [7, 11) is 0. The number of aromatic nitrogens is 2. The van der Waals surface area contributed by atoms with Gasteiger partial charge in [-0.15, -0.1) is 0 Å². The van der Waals surface area contributed by atoms with Crippen LogP contribution in [0.25, 0.3) is 11.3 Å². The fourth-order valence-corrected chi connectivity index (χ4v) is 3.91. The molecule has 0 radical (unpaired) electrons. The van der Waals surface area contributed by atoms with E-state index < -0.39 is 5.97 Å². The lowest BCUT2D eigenvalue weighted by Gasteiger charge is -2.12. The van der Waals surface area contributed by atoms with Crippen molar-refractivity contribution < 1.29 is 9.90 Å². The smallest absolute Gasteiger partial charge is 0.373 e. The first-order chi connectivity index (χ1) is 15.0. The summed E-state index contributed by atoms with van der Waals surface area (Å²) < 4.78 is 0. The van der Waals surface area contributed by atoms with Gasteiger partial charge < -0.3 is 5.11 Å². The van der Waals surface area contributed by atoms with Gasteiger partial charge in [0.2, 0.25) is 5.82 Å². The third-order valence-electron chi connectivity index (χ3n) is 6.11. The molecular weight excluding hydrogens is 384 g/mol. The largest absolute Gasteiger partial charge is 0.475 e. The highest BCUT2D eigenvalue weighted by atomic mass is 16.4. The maximum atomic E-state index is 11.4. The minimum atomic E-state index is -1.08. The van der Waals surface area contributed by atoms with Crippen molar-refractivity contribution in [3.63, 3.8) is 0 Å². The summed E-state index contributed by atoms with van der Waals surface area (Å²) in [5.74, 6) is -0.551. The molecule has 2 aromatic rings. The Balaban J connectivity index is 1.98. The zero-order valence-corrected chi connectivity index (χ0v) is 19.7. The molecule has 1 aromatic heterocycles. The van der Waals surface area contributed by atoms with Crippen molar-refractivity contribution in [2.75, 3.05) is 0 Å². The lowest BCUT2D eigenvalue weighted by atomic mass is 9.96. The van der Waals surface area contributed by atoms with Crippen LogP contribution < -0.4 is 0 Å². The van der Waals surface area contributed by atoms with Crippen molar-refractivity contribution >= 4 is 5.97 Å². The van der Waals surface area contributed by atoms with E-state index in [4.69, 9.17) is 0 Å². The van der Waals surface area contributed by atoms with Crippen molar-refractivity contribution in [2.45, 2.75) is 97.8 Å². The number of aryl methyl sites for hydroxylation is 1. The van der Waals surface area contributed by atoms with Crippen LogP contribution in [0.4, 0.5) is 0 Å². The number of carbonyl (C=O) groups is 1. The maximum absolute atomic E-state index is 11.4. The van der Waals surface area contributed by atoms with Gasteiger partial charge in [-0.25, -0.2) is 14.8 Å². The van der Waals surface area contributed by atoms with E-state index in [1.165, 1.54) is 63.4 Å². The lowest BCUT2D eigenvalue weighted by molar-refractivity contribution is 0.0683. The maximum Gasteiger partial charge on any atom is 0.373 e. The van der Waals surface area contributed by atoms with Gasteiger partial charge in [0.1, 0.15) is 0 Å². The molecule has 1 heterocycles. The quantitative estimate of drug-likeness (QED) is 0.301. The van der Waals surface area contributed by atoms with E-state index >= 15 is 0 Å². The summed E-state index contributed by atoms with van der Waals surface area (Å²) >= 11 is 0. The second kappa shape index (κ2) is 14.0. The van der Waals surface area contributed by atoms with Gasteiger partial charge in [0.25, 0.3) is 0 Å². The van der Waals surface area contributed by atoms with Crippen LogP contribution in [-0.4, -0.2) is 21.0 Å². The topological polar surface area (TPSA) is 63.1 Å². The molecule has 0 aliphatic heterocycles.